The van der Waals surface area contributed by atoms with Crippen LogP contribution < -0.4 is 5.11 Å². The summed E-state index contributed by atoms with van der Waals surface area (Å²) in [4.78, 5) is 12.6. The van der Waals surface area contributed by atoms with E-state index in [0.29, 0.717) is 5.92 Å². The number of carbonyl (C=O) groups is 1. The normalized spacial score (nSPS) is 23.6. The van der Waals surface area contributed by atoms with Crippen LogP contribution in [0.1, 0.15) is 26.2 Å². The first-order chi connectivity index (χ1) is 5.72. The Labute approximate surface area is 85.5 Å². The fourth-order valence-electron chi connectivity index (χ4n) is 1.84. The smallest absolute Gasteiger partial charge is 0.0417 e. The Balaban J connectivity index is 0.00000144. The van der Waals surface area contributed by atoms with E-state index in [1.54, 1.807) is 0 Å². The summed E-state index contributed by atoms with van der Waals surface area (Å²) >= 11 is 0. The van der Waals surface area contributed by atoms with E-state index in [0.717, 1.165) is 32.5 Å². The molecule has 1 rings (SSSR count). The van der Waals surface area contributed by atoms with Crippen molar-refractivity contribution < 1.29 is 9.90 Å². The summed E-state index contributed by atoms with van der Waals surface area (Å²) in [6.07, 6.45) is 2.41. The Morgan fingerprint density at radius 1 is 1.62 bits per heavy atom. The molecule has 1 fully saturated rings. The van der Waals surface area contributed by atoms with Crippen molar-refractivity contribution in [3.05, 3.63) is 0 Å². The molecule has 0 N–H and O–H groups in total. The molecule has 0 aromatic carbocycles. The molecular formula is C9H17ClNO2-. The van der Waals surface area contributed by atoms with E-state index in [1.807, 2.05) is 0 Å². The van der Waals surface area contributed by atoms with Crippen LogP contribution >= 0.6 is 12.4 Å². The first-order valence-corrected chi connectivity index (χ1v) is 4.64. The van der Waals surface area contributed by atoms with Gasteiger partial charge in [0.1, 0.15) is 0 Å². The molecule has 1 heterocycles. The summed E-state index contributed by atoms with van der Waals surface area (Å²) in [5, 5.41) is 10.3. The monoisotopic (exact) mass is 206 g/mol. The number of hydrogen-bond donors (Lipinski definition) is 0. The molecule has 1 atom stereocenters. The van der Waals surface area contributed by atoms with Crippen LogP contribution in [0.25, 0.3) is 0 Å². The second kappa shape index (κ2) is 6.22. The van der Waals surface area contributed by atoms with Gasteiger partial charge in [0.25, 0.3) is 0 Å². The number of piperidine rings is 1. The van der Waals surface area contributed by atoms with Gasteiger partial charge in [0, 0.05) is 12.5 Å². The highest BCUT2D eigenvalue weighted by Gasteiger charge is 2.18. The highest BCUT2D eigenvalue weighted by atomic mass is 35.5. The Hall–Kier alpha value is -0.280. The molecule has 1 unspecified atom stereocenters. The van der Waals surface area contributed by atoms with Crippen LogP contribution in [0.3, 0.4) is 0 Å². The third-order valence-electron chi connectivity index (χ3n) is 2.51. The SMILES string of the molecule is CCN1CCCC(CC(=O)[O-])C1.Cl. The number of likely N-dealkylation sites (tertiary alicyclic amines) is 1. The van der Waals surface area contributed by atoms with E-state index in [-0.39, 0.29) is 18.8 Å². The predicted molar refractivity (Wildman–Crippen MR) is 51.7 cm³/mol. The van der Waals surface area contributed by atoms with Crippen LogP contribution in [0.5, 0.6) is 0 Å². The van der Waals surface area contributed by atoms with E-state index in [1.165, 1.54) is 0 Å². The molecule has 78 valence electrons. The molecular weight excluding hydrogens is 190 g/mol. The van der Waals surface area contributed by atoms with Gasteiger partial charge in [0.2, 0.25) is 0 Å². The Morgan fingerprint density at radius 3 is 2.85 bits per heavy atom. The quantitative estimate of drug-likeness (QED) is 0.667. The van der Waals surface area contributed by atoms with Crippen LogP contribution in [0.2, 0.25) is 0 Å². The topological polar surface area (TPSA) is 43.4 Å². The van der Waals surface area contributed by atoms with Gasteiger partial charge in [-0.25, -0.2) is 0 Å². The molecule has 1 saturated heterocycles. The Morgan fingerprint density at radius 2 is 2.31 bits per heavy atom. The number of carbonyl (C=O) groups excluding carboxylic acids is 1. The molecule has 4 heteroatoms. The largest absolute Gasteiger partial charge is 0.550 e. The molecule has 0 aromatic rings. The van der Waals surface area contributed by atoms with Gasteiger partial charge in [-0.15, -0.1) is 12.4 Å². The molecule has 0 radical (unpaired) electrons. The summed E-state index contributed by atoms with van der Waals surface area (Å²) in [5.74, 6) is -0.582. The maximum absolute atomic E-state index is 10.3. The predicted octanol–water partition coefficient (Wildman–Crippen LogP) is 0.280. The third-order valence-corrected chi connectivity index (χ3v) is 2.51. The lowest BCUT2D eigenvalue weighted by Crippen LogP contribution is -2.37. The molecule has 1 aliphatic heterocycles. The minimum Gasteiger partial charge on any atom is -0.550 e. The minimum absolute atomic E-state index is 0. The van der Waals surface area contributed by atoms with Crippen LogP contribution in [0, 0.1) is 5.92 Å². The zero-order chi connectivity index (χ0) is 8.97. The van der Waals surface area contributed by atoms with Crippen molar-refractivity contribution in [2.24, 2.45) is 5.92 Å². The fourth-order valence-corrected chi connectivity index (χ4v) is 1.84. The van der Waals surface area contributed by atoms with E-state index in [9.17, 15) is 9.90 Å². The Bertz CT molecular complexity index is 164. The van der Waals surface area contributed by atoms with Gasteiger partial charge in [-0.2, -0.15) is 0 Å². The Kier molecular flexibility index (Phi) is 6.08. The highest BCUT2D eigenvalue weighted by molar-refractivity contribution is 5.85. The van der Waals surface area contributed by atoms with Crippen LogP contribution in [0.15, 0.2) is 0 Å². The fraction of sp³-hybridized carbons (Fsp3) is 0.889. The highest BCUT2D eigenvalue weighted by Crippen LogP contribution is 2.18. The van der Waals surface area contributed by atoms with Crippen molar-refractivity contribution in [2.45, 2.75) is 26.2 Å². The summed E-state index contributed by atoms with van der Waals surface area (Å²) in [6.45, 7) is 5.20. The summed E-state index contributed by atoms with van der Waals surface area (Å²) in [5.41, 5.74) is 0. The first-order valence-electron chi connectivity index (χ1n) is 4.64. The molecule has 0 amide bonds. The average molecular weight is 207 g/mol. The van der Waals surface area contributed by atoms with Gasteiger partial charge in [-0.05, 0) is 38.3 Å². The first kappa shape index (κ1) is 12.7. The molecule has 1 aliphatic rings. The number of nitrogens with zero attached hydrogens (tertiary/aromatic N) is 1. The van der Waals surface area contributed by atoms with Crippen molar-refractivity contribution in [1.82, 2.24) is 4.90 Å². The molecule has 0 bridgehead atoms. The number of carboxylic acid groups (broad SMARTS) is 1. The molecule has 0 saturated carbocycles. The number of aliphatic carboxylic acids is 1. The number of carboxylic acids is 1. The van der Waals surface area contributed by atoms with Crippen molar-refractivity contribution >= 4 is 18.4 Å². The second-order valence-corrected chi connectivity index (χ2v) is 3.48. The van der Waals surface area contributed by atoms with Gasteiger partial charge in [0.05, 0.1) is 0 Å². The molecule has 13 heavy (non-hydrogen) atoms. The van der Waals surface area contributed by atoms with Gasteiger partial charge >= 0.3 is 0 Å². The summed E-state index contributed by atoms with van der Waals surface area (Å²) in [7, 11) is 0. The van der Waals surface area contributed by atoms with E-state index in [2.05, 4.69) is 11.8 Å². The standard InChI is InChI=1S/C9H17NO2.ClH/c1-2-10-5-3-4-8(7-10)6-9(11)12;/h8H,2-7H2,1H3,(H,11,12);1H/p-1. The van der Waals surface area contributed by atoms with Crippen LogP contribution in [0.4, 0.5) is 0 Å². The summed E-state index contributed by atoms with van der Waals surface area (Å²) in [6, 6.07) is 0. The average Bonchev–Trinajstić information content (AvgIpc) is 2.03. The summed E-state index contributed by atoms with van der Waals surface area (Å²) < 4.78 is 0. The van der Waals surface area contributed by atoms with Gasteiger partial charge in [-0.3, -0.25) is 0 Å². The van der Waals surface area contributed by atoms with Crippen molar-refractivity contribution in [2.75, 3.05) is 19.6 Å². The number of hydrogen-bond acceptors (Lipinski definition) is 3. The number of rotatable bonds is 3. The zero-order valence-electron chi connectivity index (χ0n) is 7.99. The lowest BCUT2D eigenvalue weighted by Gasteiger charge is -2.31. The maximum atomic E-state index is 10.3. The third kappa shape index (κ3) is 4.48. The van der Waals surface area contributed by atoms with E-state index < -0.39 is 5.97 Å². The van der Waals surface area contributed by atoms with Crippen LogP contribution in [-0.4, -0.2) is 30.5 Å². The van der Waals surface area contributed by atoms with Gasteiger partial charge < -0.3 is 14.8 Å². The van der Waals surface area contributed by atoms with Gasteiger partial charge in [-0.1, -0.05) is 6.92 Å². The molecule has 0 spiro atoms. The lowest BCUT2D eigenvalue weighted by atomic mass is 9.95. The molecule has 0 aliphatic carbocycles. The second-order valence-electron chi connectivity index (χ2n) is 3.48. The molecule has 3 nitrogen and oxygen atoms in total. The zero-order valence-corrected chi connectivity index (χ0v) is 8.81. The van der Waals surface area contributed by atoms with Gasteiger partial charge in [0.15, 0.2) is 0 Å². The van der Waals surface area contributed by atoms with Crippen molar-refractivity contribution in [1.29, 1.82) is 0 Å². The minimum atomic E-state index is -0.905. The molecule has 0 aromatic heterocycles. The van der Waals surface area contributed by atoms with E-state index >= 15 is 0 Å². The van der Waals surface area contributed by atoms with Crippen molar-refractivity contribution in [3.63, 3.8) is 0 Å². The van der Waals surface area contributed by atoms with Crippen LogP contribution in [-0.2, 0) is 4.79 Å². The number of halogens is 1. The maximum Gasteiger partial charge on any atom is 0.0417 e. The van der Waals surface area contributed by atoms with Crippen molar-refractivity contribution in [3.8, 4) is 0 Å². The van der Waals surface area contributed by atoms with E-state index in [4.69, 9.17) is 0 Å². The lowest BCUT2D eigenvalue weighted by molar-refractivity contribution is -0.307.